The van der Waals surface area contributed by atoms with Gasteiger partial charge in [-0.2, -0.15) is 5.10 Å². The lowest BCUT2D eigenvalue weighted by molar-refractivity contribution is 0.162. The zero-order valence-electron chi connectivity index (χ0n) is 15.0. The lowest BCUT2D eigenvalue weighted by atomic mass is 10.1. The van der Waals surface area contributed by atoms with E-state index in [0.29, 0.717) is 0 Å². The van der Waals surface area contributed by atoms with Gasteiger partial charge in [0, 0.05) is 50.9 Å². The number of nitrogens with zero attached hydrogens (tertiary/aromatic N) is 6. The van der Waals surface area contributed by atoms with Crippen molar-refractivity contribution in [2.45, 2.75) is 25.9 Å². The maximum atomic E-state index is 6.07. The van der Waals surface area contributed by atoms with E-state index < -0.39 is 0 Å². The molecule has 0 radical (unpaired) electrons. The van der Waals surface area contributed by atoms with Gasteiger partial charge in [-0.25, -0.2) is 4.98 Å². The Hall–Kier alpha value is -2.96. The molecule has 7 heteroatoms. The minimum Gasteiger partial charge on any atom is -0.474 e. The van der Waals surface area contributed by atoms with Gasteiger partial charge in [0.25, 0.3) is 0 Å². The molecule has 4 rings (SSSR count). The van der Waals surface area contributed by atoms with E-state index in [-0.39, 0.29) is 6.10 Å². The summed E-state index contributed by atoms with van der Waals surface area (Å²) in [6, 6.07) is 9.92. The molecule has 4 heterocycles. The number of hydrogen-bond donors (Lipinski definition) is 0. The molecule has 1 fully saturated rings. The van der Waals surface area contributed by atoms with Crippen molar-refractivity contribution in [2.75, 3.05) is 18.0 Å². The molecule has 0 aromatic carbocycles. The van der Waals surface area contributed by atoms with Crippen LogP contribution in [0.4, 0.5) is 5.82 Å². The number of piperidine rings is 1. The molecule has 26 heavy (non-hydrogen) atoms. The largest absolute Gasteiger partial charge is 0.474 e. The third-order valence-corrected chi connectivity index (χ3v) is 4.74. The highest BCUT2D eigenvalue weighted by molar-refractivity contribution is 5.55. The lowest BCUT2D eigenvalue weighted by Crippen LogP contribution is -2.39. The minimum atomic E-state index is 0.196. The van der Waals surface area contributed by atoms with Crippen molar-refractivity contribution in [3.8, 4) is 17.3 Å². The Morgan fingerprint density at radius 1 is 1.04 bits per heavy atom. The zero-order chi connectivity index (χ0) is 17.9. The summed E-state index contributed by atoms with van der Waals surface area (Å²) < 4.78 is 7.87. The molecule has 0 saturated carbocycles. The van der Waals surface area contributed by atoms with E-state index in [1.807, 2.05) is 44.3 Å². The van der Waals surface area contributed by atoms with Crippen LogP contribution in [0.5, 0.6) is 5.88 Å². The van der Waals surface area contributed by atoms with E-state index in [9.17, 15) is 0 Å². The van der Waals surface area contributed by atoms with E-state index in [1.165, 1.54) is 0 Å². The topological polar surface area (TPSA) is 69.0 Å². The zero-order valence-corrected chi connectivity index (χ0v) is 15.0. The van der Waals surface area contributed by atoms with E-state index in [1.54, 1.807) is 17.1 Å². The Bertz CT molecular complexity index is 868. The van der Waals surface area contributed by atoms with Crippen LogP contribution in [0, 0.1) is 6.92 Å². The molecule has 134 valence electrons. The first kappa shape index (κ1) is 16.5. The molecule has 1 aliphatic heterocycles. The fraction of sp³-hybridized carbons (Fsp3) is 0.368. The van der Waals surface area contributed by atoms with E-state index >= 15 is 0 Å². The second-order valence-electron chi connectivity index (χ2n) is 6.55. The van der Waals surface area contributed by atoms with Crippen LogP contribution in [0.25, 0.3) is 11.4 Å². The molecule has 0 N–H and O–H groups in total. The Morgan fingerprint density at radius 3 is 2.54 bits per heavy atom. The molecule has 0 atom stereocenters. The number of aromatic nitrogens is 5. The summed E-state index contributed by atoms with van der Waals surface area (Å²) >= 11 is 0. The van der Waals surface area contributed by atoms with E-state index in [4.69, 9.17) is 4.74 Å². The van der Waals surface area contributed by atoms with Crippen LogP contribution in [0.1, 0.15) is 18.4 Å². The number of anilines is 1. The van der Waals surface area contributed by atoms with Crippen molar-refractivity contribution in [3.63, 3.8) is 0 Å². The molecule has 1 aliphatic rings. The molecule has 7 nitrogen and oxygen atoms in total. The third kappa shape index (κ3) is 3.37. The Labute approximate surface area is 152 Å². The monoisotopic (exact) mass is 350 g/mol. The van der Waals surface area contributed by atoms with Crippen molar-refractivity contribution in [1.29, 1.82) is 0 Å². The fourth-order valence-corrected chi connectivity index (χ4v) is 3.21. The Kier molecular flexibility index (Phi) is 4.51. The van der Waals surface area contributed by atoms with Crippen LogP contribution in [-0.4, -0.2) is 44.2 Å². The average molecular weight is 350 g/mol. The summed E-state index contributed by atoms with van der Waals surface area (Å²) in [6.45, 7) is 3.82. The van der Waals surface area contributed by atoms with Gasteiger partial charge in [0.1, 0.15) is 11.8 Å². The van der Waals surface area contributed by atoms with Gasteiger partial charge in [-0.15, -0.1) is 10.2 Å². The van der Waals surface area contributed by atoms with Crippen molar-refractivity contribution in [1.82, 2.24) is 25.0 Å². The van der Waals surface area contributed by atoms with Gasteiger partial charge in [0.15, 0.2) is 5.82 Å². The highest BCUT2D eigenvalue weighted by Crippen LogP contribution is 2.23. The van der Waals surface area contributed by atoms with Crippen LogP contribution in [0.15, 0.2) is 42.7 Å². The Balaban J connectivity index is 1.37. The normalized spacial score (nSPS) is 15.2. The van der Waals surface area contributed by atoms with Gasteiger partial charge in [-0.05, 0) is 31.2 Å². The lowest BCUT2D eigenvalue weighted by Gasteiger charge is -2.32. The molecule has 3 aromatic rings. The maximum absolute atomic E-state index is 6.07. The first-order valence-electron chi connectivity index (χ1n) is 8.86. The summed E-state index contributed by atoms with van der Waals surface area (Å²) in [7, 11) is 1.90. The summed E-state index contributed by atoms with van der Waals surface area (Å²) in [5.41, 5.74) is 2.87. The van der Waals surface area contributed by atoms with Gasteiger partial charge in [-0.1, -0.05) is 6.07 Å². The maximum Gasteiger partial charge on any atom is 0.216 e. The SMILES string of the molecule is Cc1cccnc1OC1CCN(c2ccc(-c3ccnn3C)nn2)CC1. The van der Waals surface area contributed by atoms with Crippen LogP contribution >= 0.6 is 0 Å². The number of ether oxygens (including phenoxy) is 1. The number of rotatable bonds is 4. The van der Waals surface area contributed by atoms with Gasteiger partial charge >= 0.3 is 0 Å². The molecule has 0 bridgehead atoms. The molecular weight excluding hydrogens is 328 g/mol. The van der Waals surface area contributed by atoms with Gasteiger partial charge in [-0.3, -0.25) is 4.68 Å². The molecule has 0 aliphatic carbocycles. The smallest absolute Gasteiger partial charge is 0.216 e. The fourth-order valence-electron chi connectivity index (χ4n) is 3.21. The quantitative estimate of drug-likeness (QED) is 0.720. The molecule has 0 unspecified atom stereocenters. The van der Waals surface area contributed by atoms with Crippen molar-refractivity contribution in [2.24, 2.45) is 7.05 Å². The molecule has 3 aromatic heterocycles. The Morgan fingerprint density at radius 2 is 1.88 bits per heavy atom. The molecule has 0 spiro atoms. The first-order chi connectivity index (χ1) is 12.7. The van der Waals surface area contributed by atoms with E-state index in [0.717, 1.165) is 54.6 Å². The van der Waals surface area contributed by atoms with Crippen molar-refractivity contribution in [3.05, 3.63) is 48.3 Å². The first-order valence-corrected chi connectivity index (χ1v) is 8.86. The standard InChI is InChI=1S/C19H22N6O/c1-14-4-3-10-20-19(14)26-15-8-12-25(13-9-15)18-6-5-16(22-23-18)17-7-11-21-24(17)2/h3-7,10-11,15H,8-9,12-13H2,1-2H3. The van der Waals surface area contributed by atoms with Crippen LogP contribution < -0.4 is 9.64 Å². The number of hydrogen-bond acceptors (Lipinski definition) is 6. The predicted octanol–water partition coefficient (Wildman–Crippen LogP) is 2.63. The second-order valence-corrected chi connectivity index (χ2v) is 6.55. The van der Waals surface area contributed by atoms with Crippen LogP contribution in [0.3, 0.4) is 0 Å². The average Bonchev–Trinajstić information content (AvgIpc) is 3.10. The predicted molar refractivity (Wildman–Crippen MR) is 99.1 cm³/mol. The highest BCUT2D eigenvalue weighted by atomic mass is 16.5. The summed E-state index contributed by atoms with van der Waals surface area (Å²) in [5, 5.41) is 12.9. The number of pyridine rings is 1. The second kappa shape index (κ2) is 7.11. The van der Waals surface area contributed by atoms with Crippen LogP contribution in [0.2, 0.25) is 0 Å². The summed E-state index contributed by atoms with van der Waals surface area (Å²) in [5.74, 6) is 1.65. The van der Waals surface area contributed by atoms with Gasteiger partial charge < -0.3 is 9.64 Å². The van der Waals surface area contributed by atoms with Crippen LogP contribution in [-0.2, 0) is 7.05 Å². The van der Waals surface area contributed by atoms with Gasteiger partial charge in [0.05, 0.1) is 5.69 Å². The molecule has 0 amide bonds. The van der Waals surface area contributed by atoms with Crippen molar-refractivity contribution < 1.29 is 4.74 Å². The molecule has 1 saturated heterocycles. The highest BCUT2D eigenvalue weighted by Gasteiger charge is 2.22. The molecular formula is C19H22N6O. The summed E-state index contributed by atoms with van der Waals surface area (Å²) in [6.07, 6.45) is 5.62. The third-order valence-electron chi connectivity index (χ3n) is 4.74. The van der Waals surface area contributed by atoms with Gasteiger partial charge in [0.2, 0.25) is 5.88 Å². The van der Waals surface area contributed by atoms with Crippen molar-refractivity contribution >= 4 is 5.82 Å². The summed E-state index contributed by atoms with van der Waals surface area (Å²) in [4.78, 5) is 6.58. The minimum absolute atomic E-state index is 0.196. The van der Waals surface area contributed by atoms with E-state index in [2.05, 4.69) is 25.2 Å². The number of aryl methyl sites for hydroxylation is 2.